The fourth-order valence-corrected chi connectivity index (χ4v) is 2.30. The second kappa shape index (κ2) is 8.78. The largest absolute Gasteiger partial charge is 0.493 e. The van der Waals surface area contributed by atoms with E-state index in [-0.39, 0.29) is 0 Å². The smallest absolute Gasteiger partial charge is 0.328 e. The first-order valence-corrected chi connectivity index (χ1v) is 7.92. The highest BCUT2D eigenvalue weighted by atomic mass is 16.5. The SMILES string of the molecule is COc1cccc(C=CC(=O)O)c1OCCOc1cc(C)ccc1C. The van der Waals surface area contributed by atoms with Gasteiger partial charge < -0.3 is 19.3 Å². The number of rotatable bonds is 8. The van der Waals surface area contributed by atoms with E-state index in [1.165, 1.54) is 6.08 Å². The van der Waals surface area contributed by atoms with E-state index in [4.69, 9.17) is 19.3 Å². The van der Waals surface area contributed by atoms with E-state index in [0.717, 1.165) is 23.0 Å². The Bertz CT molecular complexity index is 765. The molecule has 0 fully saturated rings. The molecule has 0 aliphatic heterocycles. The molecule has 0 unspecified atom stereocenters. The second-order valence-corrected chi connectivity index (χ2v) is 5.52. The van der Waals surface area contributed by atoms with Crippen LogP contribution in [0.4, 0.5) is 0 Å². The Kier molecular flexibility index (Phi) is 6.46. The molecule has 1 N–H and O–H groups in total. The lowest BCUT2D eigenvalue weighted by Gasteiger charge is -2.14. The summed E-state index contributed by atoms with van der Waals surface area (Å²) < 4.78 is 16.9. The summed E-state index contributed by atoms with van der Waals surface area (Å²) in [6.07, 6.45) is 2.54. The fourth-order valence-electron chi connectivity index (χ4n) is 2.30. The Morgan fingerprint density at radius 1 is 1.08 bits per heavy atom. The number of aliphatic carboxylic acids is 1. The van der Waals surface area contributed by atoms with E-state index in [1.807, 2.05) is 32.0 Å². The van der Waals surface area contributed by atoms with Crippen molar-refractivity contribution in [3.63, 3.8) is 0 Å². The van der Waals surface area contributed by atoms with Crippen LogP contribution in [-0.2, 0) is 4.79 Å². The van der Waals surface area contributed by atoms with Crippen molar-refractivity contribution in [2.75, 3.05) is 20.3 Å². The summed E-state index contributed by atoms with van der Waals surface area (Å²) in [5, 5.41) is 8.80. The van der Waals surface area contributed by atoms with Gasteiger partial charge in [-0.05, 0) is 43.2 Å². The van der Waals surface area contributed by atoms with E-state index in [9.17, 15) is 4.79 Å². The van der Waals surface area contributed by atoms with Gasteiger partial charge in [0.2, 0.25) is 0 Å². The molecule has 0 atom stereocenters. The van der Waals surface area contributed by atoms with Crippen molar-refractivity contribution >= 4 is 12.0 Å². The van der Waals surface area contributed by atoms with Gasteiger partial charge in [-0.15, -0.1) is 0 Å². The molecule has 25 heavy (non-hydrogen) atoms. The number of para-hydroxylation sites is 1. The van der Waals surface area contributed by atoms with Gasteiger partial charge in [0.05, 0.1) is 7.11 Å². The number of methoxy groups -OCH3 is 1. The summed E-state index contributed by atoms with van der Waals surface area (Å²) in [5.74, 6) is 0.841. The highest BCUT2D eigenvalue weighted by Crippen LogP contribution is 2.32. The molecule has 2 aromatic rings. The standard InChI is InChI=1S/C20H22O5/c1-14-7-8-15(2)18(13-14)24-11-12-25-20-16(9-10-19(21)22)5-4-6-17(20)23-3/h4-10,13H,11-12H2,1-3H3,(H,21,22). The summed E-state index contributed by atoms with van der Waals surface area (Å²) in [5.41, 5.74) is 2.83. The van der Waals surface area contributed by atoms with Crippen molar-refractivity contribution in [2.24, 2.45) is 0 Å². The zero-order valence-electron chi connectivity index (χ0n) is 14.6. The number of ether oxygens (including phenoxy) is 3. The predicted molar refractivity (Wildman–Crippen MR) is 96.6 cm³/mol. The third-order valence-electron chi connectivity index (χ3n) is 3.57. The van der Waals surface area contributed by atoms with Crippen LogP contribution in [0.5, 0.6) is 17.2 Å². The molecule has 0 amide bonds. The molecule has 0 radical (unpaired) electrons. The predicted octanol–water partition coefficient (Wildman–Crippen LogP) is 3.87. The van der Waals surface area contributed by atoms with Gasteiger partial charge in [0.15, 0.2) is 11.5 Å². The molecule has 0 bridgehead atoms. The molecule has 0 aromatic heterocycles. The molecule has 132 valence electrons. The zero-order chi connectivity index (χ0) is 18.2. The summed E-state index contributed by atoms with van der Waals surface area (Å²) >= 11 is 0. The average molecular weight is 342 g/mol. The third-order valence-corrected chi connectivity index (χ3v) is 3.57. The molecule has 0 aliphatic carbocycles. The normalized spacial score (nSPS) is 10.7. The highest BCUT2D eigenvalue weighted by molar-refractivity contribution is 5.86. The third kappa shape index (κ3) is 5.28. The first kappa shape index (κ1) is 18.4. The van der Waals surface area contributed by atoms with Crippen LogP contribution in [0, 0.1) is 13.8 Å². The molecule has 2 aromatic carbocycles. The fraction of sp³-hybridized carbons (Fsp3) is 0.250. The van der Waals surface area contributed by atoms with E-state index in [1.54, 1.807) is 25.3 Å². The number of hydrogen-bond donors (Lipinski definition) is 1. The molecule has 0 heterocycles. The number of benzene rings is 2. The molecule has 0 aliphatic rings. The first-order chi connectivity index (χ1) is 12.0. The van der Waals surface area contributed by atoms with E-state index < -0.39 is 5.97 Å². The minimum Gasteiger partial charge on any atom is -0.493 e. The number of hydrogen-bond acceptors (Lipinski definition) is 4. The molecule has 0 saturated heterocycles. The van der Waals surface area contributed by atoms with Gasteiger partial charge in [-0.25, -0.2) is 4.79 Å². The van der Waals surface area contributed by atoms with Crippen LogP contribution in [0.2, 0.25) is 0 Å². The lowest BCUT2D eigenvalue weighted by molar-refractivity contribution is -0.131. The van der Waals surface area contributed by atoms with Gasteiger partial charge in [-0.2, -0.15) is 0 Å². The monoisotopic (exact) mass is 342 g/mol. The van der Waals surface area contributed by atoms with Gasteiger partial charge in [0, 0.05) is 11.6 Å². The van der Waals surface area contributed by atoms with Gasteiger partial charge >= 0.3 is 5.97 Å². The molecule has 0 saturated carbocycles. The first-order valence-electron chi connectivity index (χ1n) is 7.92. The van der Waals surface area contributed by atoms with Crippen LogP contribution in [0.3, 0.4) is 0 Å². The average Bonchev–Trinajstić information content (AvgIpc) is 2.59. The quantitative estimate of drug-likeness (QED) is 0.583. The Balaban J connectivity index is 2.04. The topological polar surface area (TPSA) is 65.0 Å². The van der Waals surface area contributed by atoms with Crippen LogP contribution in [0.15, 0.2) is 42.5 Å². The Hall–Kier alpha value is -2.95. The number of carboxylic acid groups (broad SMARTS) is 1. The van der Waals surface area contributed by atoms with Gasteiger partial charge in [0.1, 0.15) is 19.0 Å². The molecule has 2 rings (SSSR count). The van der Waals surface area contributed by atoms with Gasteiger partial charge in [-0.3, -0.25) is 0 Å². The summed E-state index contributed by atoms with van der Waals surface area (Å²) in [6.45, 7) is 4.68. The van der Waals surface area contributed by atoms with Crippen LogP contribution in [0.25, 0.3) is 6.08 Å². The Morgan fingerprint density at radius 3 is 2.56 bits per heavy atom. The molecular formula is C20H22O5. The van der Waals surface area contributed by atoms with Crippen LogP contribution < -0.4 is 14.2 Å². The highest BCUT2D eigenvalue weighted by Gasteiger charge is 2.09. The molecular weight excluding hydrogens is 320 g/mol. The molecule has 5 nitrogen and oxygen atoms in total. The zero-order valence-corrected chi connectivity index (χ0v) is 14.6. The second-order valence-electron chi connectivity index (χ2n) is 5.52. The number of carbonyl (C=O) groups is 1. The summed E-state index contributed by atoms with van der Waals surface area (Å²) in [6, 6.07) is 11.3. The van der Waals surface area contributed by atoms with Crippen molar-refractivity contribution in [1.29, 1.82) is 0 Å². The van der Waals surface area contributed by atoms with Crippen molar-refractivity contribution in [2.45, 2.75) is 13.8 Å². The van der Waals surface area contributed by atoms with Crippen molar-refractivity contribution in [1.82, 2.24) is 0 Å². The maximum atomic E-state index is 10.7. The van der Waals surface area contributed by atoms with Gasteiger partial charge in [0.25, 0.3) is 0 Å². The minimum absolute atomic E-state index is 0.307. The molecule has 0 spiro atoms. The van der Waals surface area contributed by atoms with Gasteiger partial charge in [-0.1, -0.05) is 24.3 Å². The minimum atomic E-state index is -1.02. The number of carboxylic acids is 1. The number of aryl methyl sites for hydroxylation is 2. The van der Waals surface area contributed by atoms with Crippen LogP contribution in [0.1, 0.15) is 16.7 Å². The molecule has 5 heteroatoms. The van der Waals surface area contributed by atoms with E-state index in [0.29, 0.717) is 30.3 Å². The van der Waals surface area contributed by atoms with Crippen molar-refractivity contribution in [3.05, 3.63) is 59.2 Å². The van der Waals surface area contributed by atoms with E-state index in [2.05, 4.69) is 0 Å². The van der Waals surface area contributed by atoms with Crippen molar-refractivity contribution in [3.8, 4) is 17.2 Å². The van der Waals surface area contributed by atoms with Crippen LogP contribution >= 0.6 is 0 Å². The summed E-state index contributed by atoms with van der Waals surface area (Å²) in [7, 11) is 1.54. The lowest BCUT2D eigenvalue weighted by Crippen LogP contribution is -2.11. The van der Waals surface area contributed by atoms with E-state index >= 15 is 0 Å². The lowest BCUT2D eigenvalue weighted by atomic mass is 10.1. The van der Waals surface area contributed by atoms with Crippen LogP contribution in [-0.4, -0.2) is 31.4 Å². The Morgan fingerprint density at radius 2 is 1.84 bits per heavy atom. The summed E-state index contributed by atoms with van der Waals surface area (Å²) in [4.78, 5) is 10.7. The maximum Gasteiger partial charge on any atom is 0.328 e. The maximum absolute atomic E-state index is 10.7. The van der Waals surface area contributed by atoms with Crippen molar-refractivity contribution < 1.29 is 24.1 Å². The Labute approximate surface area is 147 Å².